The van der Waals surface area contributed by atoms with Gasteiger partial charge in [0.2, 0.25) is 0 Å². The van der Waals surface area contributed by atoms with Crippen LogP contribution < -0.4 is 4.74 Å². The third-order valence-electron chi connectivity index (χ3n) is 9.42. The maximum absolute atomic E-state index is 6.59. The number of rotatable bonds is 3. The second kappa shape index (κ2) is 9.64. The number of hydrogen-bond donors (Lipinski definition) is 0. The number of ether oxygens (including phenoxy) is 2. The zero-order valence-electron chi connectivity index (χ0n) is 24.8. The van der Waals surface area contributed by atoms with Crippen molar-refractivity contribution in [2.24, 2.45) is 4.99 Å². The number of nitrogens with zero attached hydrogens (tertiary/aromatic N) is 3. The zero-order valence-corrected chi connectivity index (χ0v) is 27.1. The van der Waals surface area contributed by atoms with Crippen molar-refractivity contribution >= 4 is 27.8 Å². The molecule has 218 valence electrons. The van der Waals surface area contributed by atoms with Gasteiger partial charge in [-0.3, -0.25) is 4.99 Å². The van der Waals surface area contributed by atoms with E-state index in [0.29, 0.717) is 17.4 Å². The molecule has 44 heavy (non-hydrogen) atoms. The monoisotopic (exact) mass is 754 g/mol. The normalized spacial score (nSPS) is 18.7. The van der Waals surface area contributed by atoms with Crippen LogP contribution in [-0.2, 0) is 37.6 Å². The Morgan fingerprint density at radius 2 is 1.77 bits per heavy atom. The van der Waals surface area contributed by atoms with Crippen molar-refractivity contribution in [1.29, 1.82) is 0 Å². The number of aliphatic imine (C=N–C) groups is 1. The number of aryl methyl sites for hydroxylation is 2. The average Bonchev–Trinajstić information content (AvgIpc) is 3.67. The van der Waals surface area contributed by atoms with Crippen molar-refractivity contribution < 1.29 is 30.5 Å². The summed E-state index contributed by atoms with van der Waals surface area (Å²) >= 11 is 0. The molecule has 4 aromatic carbocycles. The minimum atomic E-state index is -0.212. The summed E-state index contributed by atoms with van der Waals surface area (Å²) < 4.78 is 15.3. The molecule has 0 unspecified atom stereocenters. The number of fused-ring (bicyclic) bond motifs is 8. The van der Waals surface area contributed by atoms with Crippen molar-refractivity contribution in [1.82, 2.24) is 9.55 Å². The van der Waals surface area contributed by atoms with E-state index in [0.717, 1.165) is 39.8 Å². The molecule has 9 rings (SSSR count). The number of hydrogen-bond acceptors (Lipinski definition) is 4. The molecule has 0 N–H and O–H groups in total. The zero-order chi connectivity index (χ0) is 29.0. The molecule has 6 heteroatoms. The van der Waals surface area contributed by atoms with Gasteiger partial charge in [0.25, 0.3) is 0 Å². The summed E-state index contributed by atoms with van der Waals surface area (Å²) in [5.74, 6) is 1.93. The Kier molecular flexibility index (Phi) is 5.99. The summed E-state index contributed by atoms with van der Waals surface area (Å²) in [5.41, 5.74) is 10.8. The molecule has 2 aromatic heterocycles. The van der Waals surface area contributed by atoms with Crippen LogP contribution in [0.2, 0.25) is 0 Å². The fourth-order valence-corrected chi connectivity index (χ4v) is 7.33. The molecule has 4 heterocycles. The molecule has 5 nitrogen and oxygen atoms in total. The Morgan fingerprint density at radius 3 is 2.66 bits per heavy atom. The van der Waals surface area contributed by atoms with Gasteiger partial charge in [0, 0.05) is 28.5 Å². The van der Waals surface area contributed by atoms with Crippen LogP contribution in [0.15, 0.2) is 84.0 Å². The van der Waals surface area contributed by atoms with Gasteiger partial charge in [0.1, 0.15) is 17.6 Å². The van der Waals surface area contributed by atoms with E-state index in [-0.39, 0.29) is 38.6 Å². The standard InChI is InChI=1S/C38H29N3O2.Pt/c1-21-15-24(37-40-31-19-23-9-5-6-10-26(23)35(31)43-37)18-25(16-21)42-33-20-32-30(17-22(33)2)38(3,4)29-13-7-11-27-28-12-8-14-39-36(28)41(32)34(27)29;/h5-17,31,35H,19H2,1-4H3;/q-2;+2/t31-,35+;/m1./s1. The number of aromatic nitrogens is 2. The molecule has 6 aromatic rings. The van der Waals surface area contributed by atoms with Crippen LogP contribution in [0.25, 0.3) is 27.6 Å². The van der Waals surface area contributed by atoms with Crippen LogP contribution in [0.4, 0.5) is 0 Å². The number of pyridine rings is 1. The molecule has 3 aliphatic rings. The van der Waals surface area contributed by atoms with Gasteiger partial charge in [0.05, 0.1) is 11.6 Å². The van der Waals surface area contributed by atoms with Crippen molar-refractivity contribution in [3.05, 3.63) is 130 Å². The van der Waals surface area contributed by atoms with Crippen LogP contribution in [0.5, 0.6) is 11.5 Å². The first-order chi connectivity index (χ1) is 20.9. The minimum Gasteiger partial charge on any atom is -0.510 e. The van der Waals surface area contributed by atoms with Crippen molar-refractivity contribution in [2.75, 3.05) is 0 Å². The fraction of sp³-hybridized carbons (Fsp3) is 0.211. The Bertz CT molecular complexity index is 2190. The maximum atomic E-state index is 6.59. The number of para-hydroxylation sites is 1. The van der Waals surface area contributed by atoms with E-state index < -0.39 is 0 Å². The predicted octanol–water partition coefficient (Wildman–Crippen LogP) is 8.27. The van der Waals surface area contributed by atoms with E-state index in [9.17, 15) is 0 Å². The van der Waals surface area contributed by atoms with Gasteiger partial charge < -0.3 is 14.0 Å². The molecule has 2 atom stereocenters. The molecule has 0 fully saturated rings. The average molecular weight is 755 g/mol. The summed E-state index contributed by atoms with van der Waals surface area (Å²) in [6.45, 7) is 8.73. The first-order valence-corrected chi connectivity index (χ1v) is 14.9. The molecule has 0 saturated carbocycles. The predicted molar refractivity (Wildman–Crippen MR) is 169 cm³/mol. The molecule has 0 radical (unpaired) electrons. The maximum Gasteiger partial charge on any atom is 2.00 e. The summed E-state index contributed by atoms with van der Waals surface area (Å²) in [7, 11) is 0. The largest absolute Gasteiger partial charge is 2.00 e. The second-order valence-electron chi connectivity index (χ2n) is 12.6. The molecule has 1 aliphatic carbocycles. The Balaban J connectivity index is 0.00000289. The van der Waals surface area contributed by atoms with Crippen molar-refractivity contribution in [2.45, 2.75) is 51.7 Å². The van der Waals surface area contributed by atoms with Crippen molar-refractivity contribution in [3.63, 3.8) is 0 Å². The van der Waals surface area contributed by atoms with Crippen LogP contribution in [0.3, 0.4) is 0 Å². The van der Waals surface area contributed by atoms with E-state index in [4.69, 9.17) is 19.5 Å². The smallest absolute Gasteiger partial charge is 0.510 e. The van der Waals surface area contributed by atoms with Gasteiger partial charge in [-0.1, -0.05) is 93.5 Å². The first kappa shape index (κ1) is 27.3. The first-order valence-electron chi connectivity index (χ1n) is 14.9. The van der Waals surface area contributed by atoms with Gasteiger partial charge in [-0.05, 0) is 40.7 Å². The Morgan fingerprint density at radius 1 is 0.932 bits per heavy atom. The second-order valence-corrected chi connectivity index (χ2v) is 12.6. The molecule has 0 spiro atoms. The van der Waals surface area contributed by atoms with E-state index in [1.165, 1.54) is 33.2 Å². The topological polar surface area (TPSA) is 48.6 Å². The van der Waals surface area contributed by atoms with Gasteiger partial charge >= 0.3 is 21.1 Å². The Hall–Kier alpha value is -4.21. The van der Waals surface area contributed by atoms with Gasteiger partial charge in [-0.15, -0.1) is 28.8 Å². The molecule has 2 aliphatic heterocycles. The quantitative estimate of drug-likeness (QED) is 0.171. The fourth-order valence-electron chi connectivity index (χ4n) is 7.33. The van der Waals surface area contributed by atoms with E-state index in [1.54, 1.807) is 0 Å². The van der Waals surface area contributed by atoms with Gasteiger partial charge in [-0.2, -0.15) is 6.07 Å². The number of benzene rings is 4. The van der Waals surface area contributed by atoms with Crippen molar-refractivity contribution in [3.8, 4) is 17.2 Å². The third-order valence-corrected chi connectivity index (χ3v) is 9.42. The van der Waals surface area contributed by atoms with Crippen LogP contribution in [0, 0.1) is 26.0 Å². The van der Waals surface area contributed by atoms with Gasteiger partial charge in [-0.25, -0.2) is 4.98 Å². The van der Waals surface area contributed by atoms with E-state index in [1.807, 2.05) is 18.3 Å². The molecule has 0 saturated heterocycles. The van der Waals surface area contributed by atoms with Crippen LogP contribution in [-0.4, -0.2) is 21.5 Å². The summed E-state index contributed by atoms with van der Waals surface area (Å²) in [5, 5.41) is 2.35. The van der Waals surface area contributed by atoms with Gasteiger partial charge in [0.15, 0.2) is 0 Å². The summed E-state index contributed by atoms with van der Waals surface area (Å²) in [6, 6.07) is 32.8. The molecular formula is C38H29N3O2Pt. The van der Waals surface area contributed by atoms with Crippen LogP contribution in [0.1, 0.15) is 58.9 Å². The Labute approximate surface area is 270 Å². The van der Waals surface area contributed by atoms with E-state index >= 15 is 0 Å². The molecule has 0 bridgehead atoms. The van der Waals surface area contributed by atoms with E-state index in [2.05, 4.69) is 105 Å². The molecule has 0 amide bonds. The summed E-state index contributed by atoms with van der Waals surface area (Å²) in [4.78, 5) is 9.79. The minimum absolute atomic E-state index is 0. The summed E-state index contributed by atoms with van der Waals surface area (Å²) in [6.07, 6.45) is 2.73. The SMILES string of the molecule is Cc1cc(Oc2[c-]c3c(cc2C)C(C)(C)c2cccc4c5cccnc5n-3c24)[c-]c(C2=N[C@@H]3Cc4ccccc4[C@@H]3O2)c1.[Pt+2]. The molecular weight excluding hydrogens is 726 g/mol. The van der Waals surface area contributed by atoms with Crippen LogP contribution >= 0.6 is 0 Å². The third kappa shape index (κ3) is 3.81.